The van der Waals surface area contributed by atoms with Gasteiger partial charge in [0.25, 0.3) is 0 Å². The van der Waals surface area contributed by atoms with Crippen LogP contribution in [-0.2, 0) is 4.74 Å². The molecule has 0 bridgehead atoms. The third-order valence-electron chi connectivity index (χ3n) is 2.76. The molecule has 1 unspecified atom stereocenters. The minimum absolute atomic E-state index is 0.0491. The van der Waals surface area contributed by atoms with E-state index in [0.29, 0.717) is 11.1 Å². The van der Waals surface area contributed by atoms with Crippen LogP contribution in [0, 0.1) is 3.57 Å². The molecule has 16 heavy (non-hydrogen) atoms. The summed E-state index contributed by atoms with van der Waals surface area (Å²) in [6.45, 7) is 2.06. The van der Waals surface area contributed by atoms with E-state index in [2.05, 4.69) is 39.5 Å². The molecule has 1 saturated carbocycles. The smallest absolute Gasteiger partial charge is 0.159 e. The number of aromatic nitrogens is 2. The van der Waals surface area contributed by atoms with Crippen molar-refractivity contribution in [2.75, 3.05) is 7.11 Å². The van der Waals surface area contributed by atoms with Gasteiger partial charge in [0.1, 0.15) is 11.3 Å². The Balaban J connectivity index is 2.39. The SMILES string of the molecule is CCC(OC)c1nc(Cl)c(I)c(C2CC2)n1. The summed E-state index contributed by atoms with van der Waals surface area (Å²) in [5.74, 6) is 1.30. The van der Waals surface area contributed by atoms with Gasteiger partial charge in [0, 0.05) is 13.0 Å². The van der Waals surface area contributed by atoms with Gasteiger partial charge in [-0.2, -0.15) is 0 Å². The van der Waals surface area contributed by atoms with Crippen molar-refractivity contribution in [1.82, 2.24) is 9.97 Å². The zero-order valence-electron chi connectivity index (χ0n) is 9.33. The molecule has 1 aromatic heterocycles. The molecule has 0 aliphatic heterocycles. The van der Waals surface area contributed by atoms with Crippen LogP contribution in [-0.4, -0.2) is 17.1 Å². The number of nitrogens with zero attached hydrogens (tertiary/aromatic N) is 2. The molecule has 1 atom stereocenters. The maximum atomic E-state index is 6.13. The molecule has 1 fully saturated rings. The van der Waals surface area contributed by atoms with E-state index in [-0.39, 0.29) is 6.10 Å². The van der Waals surface area contributed by atoms with Gasteiger partial charge in [-0.05, 0) is 41.9 Å². The maximum Gasteiger partial charge on any atom is 0.159 e. The van der Waals surface area contributed by atoms with Crippen LogP contribution in [0.3, 0.4) is 0 Å². The summed E-state index contributed by atoms with van der Waals surface area (Å²) in [5, 5.41) is 0.558. The van der Waals surface area contributed by atoms with E-state index in [1.54, 1.807) is 7.11 Å². The van der Waals surface area contributed by atoms with Crippen molar-refractivity contribution in [2.24, 2.45) is 0 Å². The molecular weight excluding hydrogens is 338 g/mol. The highest BCUT2D eigenvalue weighted by Crippen LogP contribution is 2.42. The maximum absolute atomic E-state index is 6.13. The normalized spacial score (nSPS) is 17.5. The monoisotopic (exact) mass is 352 g/mol. The molecule has 0 radical (unpaired) electrons. The summed E-state index contributed by atoms with van der Waals surface area (Å²) in [4.78, 5) is 8.92. The van der Waals surface area contributed by atoms with Crippen molar-refractivity contribution in [1.29, 1.82) is 0 Å². The Morgan fingerprint density at radius 3 is 2.69 bits per heavy atom. The van der Waals surface area contributed by atoms with Crippen molar-refractivity contribution in [3.63, 3.8) is 0 Å². The minimum Gasteiger partial charge on any atom is -0.373 e. The average Bonchev–Trinajstić information content (AvgIpc) is 3.08. The number of hydrogen-bond acceptors (Lipinski definition) is 3. The molecule has 0 N–H and O–H groups in total. The lowest BCUT2D eigenvalue weighted by molar-refractivity contribution is 0.0923. The first-order valence-corrected chi connectivity index (χ1v) is 6.88. The molecule has 5 heteroatoms. The third-order valence-corrected chi connectivity index (χ3v) is 4.42. The van der Waals surface area contributed by atoms with Gasteiger partial charge in [0.2, 0.25) is 0 Å². The Bertz CT molecular complexity index is 392. The van der Waals surface area contributed by atoms with E-state index in [0.717, 1.165) is 21.5 Å². The third kappa shape index (κ3) is 2.49. The standard InChI is InChI=1S/C11H14ClIN2O/c1-3-7(16-2)11-14-9(6-4-5-6)8(13)10(12)15-11/h6-7H,3-5H2,1-2H3. The van der Waals surface area contributed by atoms with E-state index in [1.165, 1.54) is 12.8 Å². The van der Waals surface area contributed by atoms with Gasteiger partial charge in [-0.1, -0.05) is 18.5 Å². The van der Waals surface area contributed by atoms with Crippen LogP contribution in [0.2, 0.25) is 5.15 Å². The van der Waals surface area contributed by atoms with Gasteiger partial charge < -0.3 is 4.74 Å². The lowest BCUT2D eigenvalue weighted by Crippen LogP contribution is -2.09. The Hall–Kier alpha value is 0.0600. The van der Waals surface area contributed by atoms with Crippen LogP contribution in [0.15, 0.2) is 0 Å². The molecule has 0 amide bonds. The fourth-order valence-corrected chi connectivity index (χ4v) is 2.54. The Kier molecular flexibility index (Phi) is 4.02. The van der Waals surface area contributed by atoms with E-state index >= 15 is 0 Å². The number of hydrogen-bond donors (Lipinski definition) is 0. The molecule has 0 saturated heterocycles. The van der Waals surface area contributed by atoms with Crippen LogP contribution < -0.4 is 0 Å². The topological polar surface area (TPSA) is 35.0 Å². The second-order valence-electron chi connectivity index (χ2n) is 3.98. The molecular formula is C11H14ClIN2O. The summed E-state index contributed by atoms with van der Waals surface area (Å²) in [6, 6.07) is 0. The van der Waals surface area contributed by atoms with Gasteiger partial charge in [-0.3, -0.25) is 0 Å². The summed E-state index contributed by atoms with van der Waals surface area (Å²) in [5.41, 5.74) is 1.10. The van der Waals surface area contributed by atoms with E-state index in [1.807, 2.05) is 0 Å². The van der Waals surface area contributed by atoms with Crippen molar-refractivity contribution < 1.29 is 4.74 Å². The second-order valence-corrected chi connectivity index (χ2v) is 5.42. The zero-order valence-corrected chi connectivity index (χ0v) is 12.2. The summed E-state index contributed by atoms with van der Waals surface area (Å²) >= 11 is 8.36. The summed E-state index contributed by atoms with van der Waals surface area (Å²) in [6.07, 6.45) is 3.24. The molecule has 1 heterocycles. The van der Waals surface area contributed by atoms with Crippen LogP contribution in [0.5, 0.6) is 0 Å². The molecule has 1 aromatic rings. The van der Waals surface area contributed by atoms with Gasteiger partial charge in [0.15, 0.2) is 5.82 Å². The fourth-order valence-electron chi connectivity index (χ4n) is 1.68. The molecule has 0 spiro atoms. The van der Waals surface area contributed by atoms with Crippen molar-refractivity contribution in [3.05, 3.63) is 20.2 Å². The number of ether oxygens (including phenoxy) is 1. The second kappa shape index (κ2) is 5.14. The Morgan fingerprint density at radius 2 is 2.19 bits per heavy atom. The number of halogens is 2. The Morgan fingerprint density at radius 1 is 1.50 bits per heavy atom. The van der Waals surface area contributed by atoms with Gasteiger partial charge >= 0.3 is 0 Å². The number of rotatable bonds is 4. The first-order valence-electron chi connectivity index (χ1n) is 5.43. The van der Waals surface area contributed by atoms with Gasteiger partial charge in [-0.15, -0.1) is 0 Å². The minimum atomic E-state index is -0.0491. The fraction of sp³-hybridized carbons (Fsp3) is 0.636. The van der Waals surface area contributed by atoms with E-state index in [9.17, 15) is 0 Å². The lowest BCUT2D eigenvalue weighted by Gasteiger charge is -2.14. The molecule has 0 aromatic carbocycles. The molecule has 88 valence electrons. The van der Waals surface area contributed by atoms with E-state index in [4.69, 9.17) is 16.3 Å². The van der Waals surface area contributed by atoms with Crippen LogP contribution in [0.4, 0.5) is 0 Å². The zero-order chi connectivity index (χ0) is 11.7. The molecule has 1 aliphatic rings. The molecule has 3 nitrogen and oxygen atoms in total. The Labute approximate surface area is 114 Å². The lowest BCUT2D eigenvalue weighted by atomic mass is 10.2. The van der Waals surface area contributed by atoms with Crippen molar-refractivity contribution in [2.45, 2.75) is 38.2 Å². The first kappa shape index (κ1) is 12.5. The first-order chi connectivity index (χ1) is 7.67. The highest BCUT2D eigenvalue weighted by Gasteiger charge is 2.30. The predicted octanol–water partition coefficient (Wildman–Crippen LogP) is 3.71. The van der Waals surface area contributed by atoms with Gasteiger partial charge in [0.05, 0.1) is 9.26 Å². The van der Waals surface area contributed by atoms with Gasteiger partial charge in [-0.25, -0.2) is 9.97 Å². The highest BCUT2D eigenvalue weighted by molar-refractivity contribution is 14.1. The van der Waals surface area contributed by atoms with Crippen LogP contribution in [0.25, 0.3) is 0 Å². The predicted molar refractivity (Wildman–Crippen MR) is 71.8 cm³/mol. The molecule has 2 rings (SSSR count). The van der Waals surface area contributed by atoms with Crippen LogP contribution in [0.1, 0.15) is 49.7 Å². The number of methoxy groups -OCH3 is 1. The van der Waals surface area contributed by atoms with Crippen molar-refractivity contribution >= 4 is 34.2 Å². The highest BCUT2D eigenvalue weighted by atomic mass is 127. The summed E-state index contributed by atoms with van der Waals surface area (Å²) < 4.78 is 6.35. The van der Waals surface area contributed by atoms with Crippen LogP contribution >= 0.6 is 34.2 Å². The van der Waals surface area contributed by atoms with Crippen molar-refractivity contribution in [3.8, 4) is 0 Å². The average molecular weight is 353 g/mol. The summed E-state index contributed by atoms with van der Waals surface area (Å²) in [7, 11) is 1.68. The van der Waals surface area contributed by atoms with E-state index < -0.39 is 0 Å². The quantitative estimate of drug-likeness (QED) is 0.612. The molecule has 1 aliphatic carbocycles. The largest absolute Gasteiger partial charge is 0.373 e.